The van der Waals surface area contributed by atoms with E-state index in [-0.39, 0.29) is 41.9 Å². The summed E-state index contributed by atoms with van der Waals surface area (Å²) in [4.78, 5) is 61.2. The Bertz CT molecular complexity index is 2400. The third-order valence-corrected chi connectivity index (χ3v) is 13.5. The lowest BCUT2D eigenvalue weighted by molar-refractivity contribution is -0.138. The summed E-state index contributed by atoms with van der Waals surface area (Å²) in [5.41, 5.74) is 6.92. The molecular formula is C46H55N7O6. The largest absolute Gasteiger partial charge is 0.488 e. The first-order chi connectivity index (χ1) is 28.6. The van der Waals surface area contributed by atoms with Gasteiger partial charge in [0, 0.05) is 42.7 Å². The first kappa shape index (κ1) is 39.1. The number of hydrogen-bond donors (Lipinski definition) is 3. The number of carbonyl (C=O) groups excluding carboxylic acids is 3. The van der Waals surface area contributed by atoms with E-state index in [0.717, 1.165) is 99.3 Å². The maximum Gasteiger partial charge on any atom is 0.407 e. The van der Waals surface area contributed by atoms with Crippen molar-refractivity contribution in [3.8, 4) is 28.1 Å². The number of fused-ring (bicyclic) bond motifs is 6. The van der Waals surface area contributed by atoms with E-state index in [1.54, 1.807) is 0 Å². The highest BCUT2D eigenvalue weighted by molar-refractivity contribution is 6.07. The molecule has 0 spiro atoms. The first-order valence-electron chi connectivity index (χ1n) is 21.4. The van der Waals surface area contributed by atoms with E-state index in [0.29, 0.717) is 45.0 Å². The smallest absolute Gasteiger partial charge is 0.407 e. The van der Waals surface area contributed by atoms with Gasteiger partial charge in [-0.2, -0.15) is 0 Å². The standard InChI is InChI=1S/C46H55N7O6/c1-6-25(2)19-40(54)52-26(3)7-13-37(52)43-47-23-36(49-43)30-9-11-32-31(20-30)24-59-39-22-33-29(21-34(32)39)10-12-35-42(33)50-44(48-35)38-14-8-27(4)53(38)45(55)41(51-46(56)57-5)28-15-17-58-18-16-28/h9-12,20-23,25-28,37-38,41H,6-8,13-19,24H2,1-5H3,(H,47,49)(H,48,50)(H,51,56)/t25?,26-,27-,37-,38-,41-/m0/s1. The molecule has 0 radical (unpaired) electrons. The summed E-state index contributed by atoms with van der Waals surface area (Å²) in [7, 11) is 1.32. The maximum absolute atomic E-state index is 14.4. The molecule has 4 aliphatic rings. The van der Waals surface area contributed by atoms with E-state index < -0.39 is 12.1 Å². The highest BCUT2D eigenvalue weighted by Crippen LogP contribution is 2.44. The number of alkyl carbamates (subject to hydrolysis) is 1. The second-order valence-corrected chi connectivity index (χ2v) is 17.2. The second kappa shape index (κ2) is 16.0. The number of aromatic nitrogens is 4. The summed E-state index contributed by atoms with van der Waals surface area (Å²) >= 11 is 0. The van der Waals surface area contributed by atoms with Crippen LogP contribution in [0, 0.1) is 11.8 Å². The van der Waals surface area contributed by atoms with Gasteiger partial charge in [0.15, 0.2) is 0 Å². The highest BCUT2D eigenvalue weighted by atomic mass is 16.5. The lowest BCUT2D eigenvalue weighted by Crippen LogP contribution is -2.54. The molecule has 5 aromatic rings. The number of ether oxygens (including phenoxy) is 3. The Morgan fingerprint density at radius 1 is 0.915 bits per heavy atom. The summed E-state index contributed by atoms with van der Waals surface area (Å²) in [5, 5.41) is 4.88. The number of amides is 3. The van der Waals surface area contributed by atoms with Crippen molar-refractivity contribution in [1.82, 2.24) is 35.1 Å². The van der Waals surface area contributed by atoms with Gasteiger partial charge in [-0.1, -0.05) is 38.5 Å². The number of nitrogens with zero attached hydrogens (tertiary/aromatic N) is 4. The van der Waals surface area contributed by atoms with Gasteiger partial charge in [0.1, 0.15) is 30.0 Å². The summed E-state index contributed by atoms with van der Waals surface area (Å²) in [5.74, 6) is 2.80. The third-order valence-electron chi connectivity index (χ3n) is 13.5. The van der Waals surface area contributed by atoms with Crippen LogP contribution in [0.1, 0.15) is 108 Å². The molecule has 3 fully saturated rings. The van der Waals surface area contributed by atoms with Crippen molar-refractivity contribution in [1.29, 1.82) is 0 Å². The maximum atomic E-state index is 14.4. The van der Waals surface area contributed by atoms with Gasteiger partial charge in [0.2, 0.25) is 11.8 Å². The minimum atomic E-state index is -0.706. The number of benzene rings is 3. The fraction of sp³-hybridized carbons (Fsp3) is 0.500. The molecule has 3 aromatic carbocycles. The van der Waals surface area contributed by atoms with Crippen molar-refractivity contribution in [2.75, 3.05) is 20.3 Å². The zero-order chi connectivity index (χ0) is 40.9. The van der Waals surface area contributed by atoms with Crippen LogP contribution < -0.4 is 10.1 Å². The molecule has 13 heteroatoms. The second-order valence-electron chi connectivity index (χ2n) is 17.2. The zero-order valence-corrected chi connectivity index (χ0v) is 34.7. The number of rotatable bonds is 9. The van der Waals surface area contributed by atoms with Crippen molar-refractivity contribution in [3.05, 3.63) is 65.9 Å². The molecule has 1 unspecified atom stereocenters. The topological polar surface area (TPSA) is 155 Å². The van der Waals surface area contributed by atoms with Crippen LogP contribution in [0.2, 0.25) is 0 Å². The van der Waals surface area contributed by atoms with Gasteiger partial charge in [-0.3, -0.25) is 9.59 Å². The molecule has 4 aliphatic heterocycles. The van der Waals surface area contributed by atoms with Crippen molar-refractivity contribution in [2.45, 2.75) is 116 Å². The fourth-order valence-electron chi connectivity index (χ4n) is 9.90. The van der Waals surface area contributed by atoms with E-state index >= 15 is 0 Å². The molecule has 0 bridgehead atoms. The molecule has 3 N–H and O–H groups in total. The Morgan fingerprint density at radius 3 is 2.44 bits per heavy atom. The van der Waals surface area contributed by atoms with Crippen molar-refractivity contribution in [2.24, 2.45) is 11.8 Å². The van der Waals surface area contributed by atoms with Crippen molar-refractivity contribution < 1.29 is 28.6 Å². The molecule has 6 heterocycles. The van der Waals surface area contributed by atoms with E-state index in [2.05, 4.69) is 90.3 Å². The fourth-order valence-corrected chi connectivity index (χ4v) is 9.90. The minimum absolute atomic E-state index is 0.0213. The average molecular weight is 802 g/mol. The van der Waals surface area contributed by atoms with E-state index in [1.807, 2.05) is 11.1 Å². The Balaban J connectivity index is 0.974. The number of H-pyrrole nitrogens is 2. The van der Waals surface area contributed by atoms with Gasteiger partial charge in [-0.25, -0.2) is 14.8 Å². The predicted molar refractivity (Wildman–Crippen MR) is 224 cm³/mol. The van der Waals surface area contributed by atoms with Crippen LogP contribution in [0.4, 0.5) is 4.79 Å². The average Bonchev–Trinajstić information content (AvgIpc) is 4.07. The molecule has 3 amide bonds. The van der Waals surface area contributed by atoms with Gasteiger partial charge in [-0.05, 0) is 111 Å². The highest BCUT2D eigenvalue weighted by Gasteiger charge is 2.43. The van der Waals surface area contributed by atoms with E-state index in [1.165, 1.54) is 7.11 Å². The van der Waals surface area contributed by atoms with Crippen LogP contribution in [0.3, 0.4) is 0 Å². The Labute approximate surface area is 344 Å². The molecule has 9 rings (SSSR count). The summed E-state index contributed by atoms with van der Waals surface area (Å²) in [6.45, 7) is 10.0. The molecule has 3 saturated heterocycles. The number of hydrogen-bond acceptors (Lipinski definition) is 8. The molecular weight excluding hydrogens is 747 g/mol. The number of nitrogens with one attached hydrogen (secondary N) is 3. The minimum Gasteiger partial charge on any atom is -0.488 e. The molecule has 6 atom stereocenters. The van der Waals surface area contributed by atoms with E-state index in [4.69, 9.17) is 24.2 Å². The van der Waals surface area contributed by atoms with Crippen LogP contribution in [0.5, 0.6) is 5.75 Å². The van der Waals surface area contributed by atoms with E-state index in [9.17, 15) is 14.4 Å². The summed E-state index contributed by atoms with van der Waals surface area (Å²) < 4.78 is 17.0. The van der Waals surface area contributed by atoms with Crippen molar-refractivity contribution >= 4 is 39.7 Å². The molecule has 310 valence electrons. The number of methoxy groups -OCH3 is 1. The van der Waals surface area contributed by atoms with Crippen molar-refractivity contribution in [3.63, 3.8) is 0 Å². The Morgan fingerprint density at radius 2 is 1.68 bits per heavy atom. The van der Waals surface area contributed by atoms with Crippen LogP contribution in [0.25, 0.3) is 44.2 Å². The van der Waals surface area contributed by atoms with Gasteiger partial charge in [0.05, 0.1) is 42.1 Å². The Hall–Kier alpha value is -5.43. The molecule has 13 nitrogen and oxygen atoms in total. The van der Waals surface area contributed by atoms with Crippen LogP contribution in [0.15, 0.2) is 48.7 Å². The third kappa shape index (κ3) is 7.21. The van der Waals surface area contributed by atoms with Gasteiger partial charge in [-0.15, -0.1) is 0 Å². The molecule has 2 aromatic heterocycles. The van der Waals surface area contributed by atoms with Crippen LogP contribution >= 0.6 is 0 Å². The number of aromatic amines is 2. The van der Waals surface area contributed by atoms with Crippen LogP contribution in [-0.4, -0.2) is 86.1 Å². The quantitative estimate of drug-likeness (QED) is 0.134. The SMILES string of the molecule is CCC(C)CC(=O)N1[C@@H](C)CC[C@H]1c1ncc(-c2ccc3c(c2)COc2cc4c(ccc5[nH]c([C@@H]6CC[C@H](C)N6C(=O)[C@@H](NC(=O)OC)C6CCOCC6)nc54)cc2-3)[nH]1. The first-order valence-corrected chi connectivity index (χ1v) is 21.4. The molecule has 59 heavy (non-hydrogen) atoms. The summed E-state index contributed by atoms with van der Waals surface area (Å²) in [6, 6.07) is 14.1. The normalized spacial score (nSPS) is 22.9. The van der Waals surface area contributed by atoms with Crippen LogP contribution in [-0.2, 0) is 25.7 Å². The van der Waals surface area contributed by atoms with Gasteiger partial charge in [0.25, 0.3) is 0 Å². The number of imidazole rings is 2. The Kier molecular flexibility index (Phi) is 10.6. The number of carbonyl (C=O) groups is 3. The molecule has 0 saturated carbocycles. The van der Waals surface area contributed by atoms with Gasteiger partial charge >= 0.3 is 6.09 Å². The van der Waals surface area contributed by atoms with Gasteiger partial charge < -0.3 is 39.3 Å². The monoisotopic (exact) mass is 801 g/mol. The number of likely N-dealkylation sites (tertiary alicyclic amines) is 2. The lowest BCUT2D eigenvalue weighted by atomic mass is 9.90. The summed E-state index contributed by atoms with van der Waals surface area (Å²) in [6.07, 6.45) is 7.67. The molecule has 0 aliphatic carbocycles. The lowest BCUT2D eigenvalue weighted by Gasteiger charge is -2.36. The predicted octanol–water partition coefficient (Wildman–Crippen LogP) is 8.36. The zero-order valence-electron chi connectivity index (χ0n) is 34.7.